The normalized spacial score (nSPS) is 14.1. The number of carbonyl (C=O) groups excluding carboxylic acids is 1. The van der Waals surface area contributed by atoms with Crippen LogP contribution in [-0.4, -0.2) is 38.6 Å². The fraction of sp³-hybridized carbons (Fsp3) is 0.296. The van der Waals surface area contributed by atoms with Crippen LogP contribution in [0.25, 0.3) is 0 Å². The largest absolute Gasteiger partial charge is 0.348 e. The van der Waals surface area contributed by atoms with Crippen LogP contribution in [-0.2, 0) is 29.7 Å². The molecule has 1 saturated heterocycles. The molecule has 0 aromatic heterocycles. The summed E-state index contributed by atoms with van der Waals surface area (Å²) in [7, 11) is -3.61. The van der Waals surface area contributed by atoms with Gasteiger partial charge >= 0.3 is 0 Å². The van der Waals surface area contributed by atoms with Crippen molar-refractivity contribution < 1.29 is 13.2 Å². The van der Waals surface area contributed by atoms with Gasteiger partial charge in [-0.3, -0.25) is 14.0 Å². The van der Waals surface area contributed by atoms with Gasteiger partial charge in [-0.1, -0.05) is 66.7 Å². The molecule has 1 aliphatic rings. The molecule has 0 radical (unpaired) electrons. The lowest BCUT2D eigenvalue weighted by Gasteiger charge is -2.25. The van der Waals surface area contributed by atoms with Gasteiger partial charge in [0.15, 0.2) is 0 Å². The Morgan fingerprint density at radius 1 is 0.882 bits per heavy atom. The minimum absolute atomic E-state index is 0.155. The first-order valence-electron chi connectivity index (χ1n) is 11.6. The van der Waals surface area contributed by atoms with E-state index in [2.05, 4.69) is 22.3 Å². The van der Waals surface area contributed by atoms with Crippen molar-refractivity contribution in [1.29, 1.82) is 0 Å². The molecule has 0 spiro atoms. The molecule has 3 aromatic rings. The molecule has 34 heavy (non-hydrogen) atoms. The van der Waals surface area contributed by atoms with E-state index in [4.69, 9.17) is 0 Å². The third kappa shape index (κ3) is 6.24. The van der Waals surface area contributed by atoms with Crippen molar-refractivity contribution in [3.8, 4) is 0 Å². The van der Waals surface area contributed by atoms with Crippen molar-refractivity contribution >= 4 is 21.6 Å². The number of anilines is 1. The van der Waals surface area contributed by atoms with Crippen molar-refractivity contribution in [2.75, 3.05) is 23.7 Å². The van der Waals surface area contributed by atoms with Crippen molar-refractivity contribution in [2.45, 2.75) is 32.5 Å². The number of hydrogen-bond acceptors (Lipinski definition) is 4. The fourth-order valence-electron chi connectivity index (χ4n) is 4.33. The molecule has 1 N–H and O–H groups in total. The van der Waals surface area contributed by atoms with Gasteiger partial charge in [-0.05, 0) is 54.8 Å². The fourth-order valence-corrected chi connectivity index (χ4v) is 5.23. The lowest BCUT2D eigenvalue weighted by atomic mass is 10.1. The summed E-state index contributed by atoms with van der Waals surface area (Å²) in [6, 6.07) is 24.5. The zero-order valence-electron chi connectivity index (χ0n) is 19.5. The molecule has 6 nitrogen and oxygen atoms in total. The molecular weight excluding hydrogens is 446 g/mol. The van der Waals surface area contributed by atoms with Gasteiger partial charge in [0.05, 0.1) is 24.1 Å². The standard InChI is InChI=1S/C27H31N3O3S/c1-34(32,33)30(21-22-10-3-2-4-11-22)26-15-6-5-14-25(26)27(31)28-19-23-12-9-13-24(18-23)20-29-16-7-8-17-29/h2-6,9-15,18H,7-8,16-17,19-21H2,1H3,(H,28,31). The summed E-state index contributed by atoms with van der Waals surface area (Å²) < 4.78 is 26.6. The Morgan fingerprint density at radius 2 is 1.53 bits per heavy atom. The van der Waals surface area contributed by atoms with E-state index in [-0.39, 0.29) is 12.5 Å². The first-order valence-corrected chi connectivity index (χ1v) is 13.4. The van der Waals surface area contributed by atoms with Crippen LogP contribution >= 0.6 is 0 Å². The number of nitrogens with one attached hydrogen (secondary N) is 1. The Labute approximate surface area is 202 Å². The van der Waals surface area contributed by atoms with E-state index >= 15 is 0 Å². The van der Waals surface area contributed by atoms with Crippen LogP contribution < -0.4 is 9.62 Å². The van der Waals surface area contributed by atoms with Gasteiger partial charge in [0.2, 0.25) is 10.0 Å². The Morgan fingerprint density at radius 3 is 2.26 bits per heavy atom. The van der Waals surface area contributed by atoms with Crippen LogP contribution in [0.4, 0.5) is 5.69 Å². The van der Waals surface area contributed by atoms with Crippen LogP contribution in [0.1, 0.15) is 39.9 Å². The second-order valence-corrected chi connectivity index (χ2v) is 10.7. The van der Waals surface area contributed by atoms with Gasteiger partial charge in [-0.25, -0.2) is 8.42 Å². The molecule has 1 fully saturated rings. The average Bonchev–Trinajstić information content (AvgIpc) is 3.34. The highest BCUT2D eigenvalue weighted by atomic mass is 32.2. The number of sulfonamides is 1. The second-order valence-electron chi connectivity index (χ2n) is 8.76. The third-order valence-corrected chi connectivity index (χ3v) is 7.16. The van der Waals surface area contributed by atoms with E-state index in [0.717, 1.165) is 37.0 Å². The molecule has 1 amide bonds. The molecule has 0 atom stereocenters. The molecule has 3 aromatic carbocycles. The summed E-state index contributed by atoms with van der Waals surface area (Å²) in [4.78, 5) is 15.6. The topological polar surface area (TPSA) is 69.7 Å². The van der Waals surface area contributed by atoms with Crippen molar-refractivity contribution in [3.05, 3.63) is 101 Å². The first kappa shape index (κ1) is 24.0. The van der Waals surface area contributed by atoms with Crippen molar-refractivity contribution in [1.82, 2.24) is 10.2 Å². The number of likely N-dealkylation sites (tertiary alicyclic amines) is 1. The first-order chi connectivity index (χ1) is 16.4. The molecule has 7 heteroatoms. The minimum Gasteiger partial charge on any atom is -0.348 e. The van der Waals surface area contributed by atoms with E-state index in [1.807, 2.05) is 42.5 Å². The molecule has 4 rings (SSSR count). The average molecular weight is 478 g/mol. The Bertz CT molecular complexity index is 1220. The highest BCUT2D eigenvalue weighted by Gasteiger charge is 2.23. The van der Waals surface area contributed by atoms with E-state index < -0.39 is 10.0 Å². The second kappa shape index (κ2) is 10.8. The molecule has 178 valence electrons. The number of para-hydroxylation sites is 1. The summed E-state index contributed by atoms with van der Waals surface area (Å²) in [6.45, 7) is 3.73. The van der Waals surface area contributed by atoms with Crippen LogP contribution in [0.2, 0.25) is 0 Å². The molecule has 0 aliphatic carbocycles. The number of hydrogen-bond donors (Lipinski definition) is 1. The van der Waals surface area contributed by atoms with Crippen molar-refractivity contribution in [2.24, 2.45) is 0 Å². The highest BCUT2D eigenvalue weighted by Crippen LogP contribution is 2.25. The molecule has 0 unspecified atom stereocenters. The monoisotopic (exact) mass is 477 g/mol. The maximum absolute atomic E-state index is 13.1. The minimum atomic E-state index is -3.61. The summed E-state index contributed by atoms with van der Waals surface area (Å²) in [5.41, 5.74) is 3.80. The van der Waals surface area contributed by atoms with Crippen LogP contribution in [0, 0.1) is 0 Å². The molecule has 1 heterocycles. The van der Waals surface area contributed by atoms with Crippen molar-refractivity contribution in [3.63, 3.8) is 0 Å². The lowest BCUT2D eigenvalue weighted by Crippen LogP contribution is -2.32. The molecular formula is C27H31N3O3S. The van der Waals surface area contributed by atoms with E-state index in [9.17, 15) is 13.2 Å². The maximum atomic E-state index is 13.1. The quantitative estimate of drug-likeness (QED) is 0.502. The molecule has 0 bridgehead atoms. The predicted molar refractivity (Wildman–Crippen MR) is 136 cm³/mol. The number of benzene rings is 3. The van der Waals surface area contributed by atoms with Crippen LogP contribution in [0.5, 0.6) is 0 Å². The number of rotatable bonds is 9. The summed E-state index contributed by atoms with van der Waals surface area (Å²) >= 11 is 0. The number of amides is 1. The summed E-state index contributed by atoms with van der Waals surface area (Å²) in [5.74, 6) is -0.303. The van der Waals surface area contributed by atoms with E-state index in [1.54, 1.807) is 24.3 Å². The van der Waals surface area contributed by atoms with Gasteiger partial charge in [0, 0.05) is 13.1 Å². The zero-order chi connectivity index (χ0) is 24.0. The molecule has 1 aliphatic heterocycles. The summed E-state index contributed by atoms with van der Waals surface area (Å²) in [6.07, 6.45) is 3.67. The Kier molecular flexibility index (Phi) is 7.65. The van der Waals surface area contributed by atoms with E-state index in [1.165, 1.54) is 22.7 Å². The molecule has 0 saturated carbocycles. The SMILES string of the molecule is CS(=O)(=O)N(Cc1ccccc1)c1ccccc1C(=O)NCc1cccc(CN2CCCC2)c1. The van der Waals surface area contributed by atoms with Gasteiger partial charge in [-0.2, -0.15) is 0 Å². The van der Waals surface area contributed by atoms with Crippen LogP contribution in [0.3, 0.4) is 0 Å². The smallest absolute Gasteiger partial charge is 0.253 e. The lowest BCUT2D eigenvalue weighted by molar-refractivity contribution is 0.0951. The van der Waals surface area contributed by atoms with Gasteiger partial charge < -0.3 is 5.32 Å². The summed E-state index contributed by atoms with van der Waals surface area (Å²) in [5, 5.41) is 2.97. The Hall–Kier alpha value is -3.16. The number of nitrogens with zero attached hydrogens (tertiary/aromatic N) is 2. The highest BCUT2D eigenvalue weighted by molar-refractivity contribution is 7.92. The van der Waals surface area contributed by atoms with Gasteiger partial charge in [0.25, 0.3) is 5.91 Å². The number of carbonyl (C=O) groups is 1. The Balaban J connectivity index is 1.50. The van der Waals surface area contributed by atoms with Gasteiger partial charge in [-0.15, -0.1) is 0 Å². The van der Waals surface area contributed by atoms with Gasteiger partial charge in [0.1, 0.15) is 0 Å². The van der Waals surface area contributed by atoms with Crippen LogP contribution in [0.15, 0.2) is 78.9 Å². The zero-order valence-corrected chi connectivity index (χ0v) is 20.3. The predicted octanol–water partition coefficient (Wildman–Crippen LogP) is 4.18. The third-order valence-electron chi connectivity index (χ3n) is 6.04. The van der Waals surface area contributed by atoms with E-state index in [0.29, 0.717) is 17.8 Å². The maximum Gasteiger partial charge on any atom is 0.253 e.